The van der Waals surface area contributed by atoms with E-state index in [1.807, 2.05) is 4.90 Å². The fraction of sp³-hybridized carbons (Fsp3) is 0.556. The van der Waals surface area contributed by atoms with Crippen LogP contribution in [0.5, 0.6) is 0 Å². The molecule has 1 aliphatic heterocycles. The van der Waals surface area contributed by atoms with Gasteiger partial charge < -0.3 is 10.6 Å². The minimum absolute atomic E-state index is 0.143. The van der Waals surface area contributed by atoms with Crippen molar-refractivity contribution in [3.63, 3.8) is 0 Å². The molecule has 1 fully saturated rings. The molecule has 1 heterocycles. The van der Waals surface area contributed by atoms with E-state index in [-0.39, 0.29) is 17.7 Å². The van der Waals surface area contributed by atoms with Gasteiger partial charge in [-0.15, -0.1) is 11.8 Å². The second-order valence-corrected chi connectivity index (χ2v) is 7.66. The van der Waals surface area contributed by atoms with Crippen LogP contribution in [0.3, 0.4) is 0 Å². The molecule has 0 aromatic heterocycles. The van der Waals surface area contributed by atoms with Crippen LogP contribution in [0.25, 0.3) is 0 Å². The Kier molecular flexibility index (Phi) is 5.26. The standard InChI is InChI=1S/C18H24N2O2S/c19-18(22)14-7-4-10-20(11-14)17(21)12-23-16-9-3-6-13-5-1-2-8-15(13)16/h1-2,5,8,14,16H,3-4,6-7,9-12H2,(H2,19,22)/t14-,16+/m0/s1. The van der Waals surface area contributed by atoms with Crippen molar-refractivity contribution in [1.82, 2.24) is 4.90 Å². The van der Waals surface area contributed by atoms with E-state index in [9.17, 15) is 9.59 Å². The van der Waals surface area contributed by atoms with Gasteiger partial charge in [0.1, 0.15) is 0 Å². The monoisotopic (exact) mass is 332 g/mol. The Morgan fingerprint density at radius 2 is 2.04 bits per heavy atom. The number of primary amides is 1. The zero-order valence-electron chi connectivity index (χ0n) is 13.4. The van der Waals surface area contributed by atoms with Crippen LogP contribution in [0.15, 0.2) is 24.3 Å². The maximum atomic E-state index is 12.5. The van der Waals surface area contributed by atoms with Gasteiger partial charge in [-0.05, 0) is 43.2 Å². The summed E-state index contributed by atoms with van der Waals surface area (Å²) < 4.78 is 0. The summed E-state index contributed by atoms with van der Waals surface area (Å²) in [6, 6.07) is 8.57. The lowest BCUT2D eigenvalue weighted by Gasteiger charge is -2.32. The number of carbonyl (C=O) groups is 2. The van der Waals surface area contributed by atoms with E-state index < -0.39 is 0 Å². The smallest absolute Gasteiger partial charge is 0.232 e. The number of amides is 2. The molecule has 1 aliphatic carbocycles. The third kappa shape index (κ3) is 3.89. The average Bonchev–Trinajstić information content (AvgIpc) is 2.59. The molecule has 3 rings (SSSR count). The number of carbonyl (C=O) groups excluding carboxylic acids is 2. The third-order valence-corrected chi connectivity index (χ3v) is 6.20. The molecule has 2 aliphatic rings. The summed E-state index contributed by atoms with van der Waals surface area (Å²) in [5, 5.41) is 0.417. The number of hydrogen-bond acceptors (Lipinski definition) is 3. The summed E-state index contributed by atoms with van der Waals surface area (Å²) in [6.45, 7) is 1.25. The molecule has 0 radical (unpaired) electrons. The molecule has 1 aromatic carbocycles. The van der Waals surface area contributed by atoms with Gasteiger partial charge in [0, 0.05) is 18.3 Å². The number of piperidine rings is 1. The van der Waals surface area contributed by atoms with E-state index in [2.05, 4.69) is 24.3 Å². The van der Waals surface area contributed by atoms with Gasteiger partial charge >= 0.3 is 0 Å². The zero-order valence-corrected chi connectivity index (χ0v) is 14.2. The van der Waals surface area contributed by atoms with Crippen LogP contribution in [0.4, 0.5) is 0 Å². The predicted molar refractivity (Wildman–Crippen MR) is 93.1 cm³/mol. The largest absolute Gasteiger partial charge is 0.369 e. The number of fused-ring (bicyclic) bond motifs is 1. The lowest BCUT2D eigenvalue weighted by molar-refractivity contribution is -0.132. The van der Waals surface area contributed by atoms with Gasteiger partial charge in [-0.2, -0.15) is 0 Å². The van der Waals surface area contributed by atoms with Gasteiger partial charge in [-0.3, -0.25) is 9.59 Å². The van der Waals surface area contributed by atoms with E-state index in [1.165, 1.54) is 17.5 Å². The minimum Gasteiger partial charge on any atom is -0.369 e. The average molecular weight is 332 g/mol. The molecule has 23 heavy (non-hydrogen) atoms. The topological polar surface area (TPSA) is 63.4 Å². The zero-order chi connectivity index (χ0) is 16.2. The summed E-state index contributed by atoms with van der Waals surface area (Å²) in [5.41, 5.74) is 8.21. The molecule has 1 saturated heterocycles. The van der Waals surface area contributed by atoms with Gasteiger partial charge in [0.25, 0.3) is 0 Å². The molecule has 0 spiro atoms. The third-order valence-electron chi connectivity index (χ3n) is 4.90. The van der Waals surface area contributed by atoms with E-state index in [4.69, 9.17) is 5.73 Å². The number of likely N-dealkylation sites (tertiary alicyclic amines) is 1. The highest BCUT2D eigenvalue weighted by Gasteiger charge is 2.28. The Labute approximate surface area is 141 Å². The number of benzene rings is 1. The molecule has 2 amide bonds. The highest BCUT2D eigenvalue weighted by atomic mass is 32.2. The molecule has 0 bridgehead atoms. The van der Waals surface area contributed by atoms with Gasteiger partial charge in [0.2, 0.25) is 11.8 Å². The van der Waals surface area contributed by atoms with Crippen molar-refractivity contribution in [3.05, 3.63) is 35.4 Å². The summed E-state index contributed by atoms with van der Waals surface area (Å²) in [6.07, 6.45) is 5.15. The molecular formula is C18H24N2O2S. The maximum Gasteiger partial charge on any atom is 0.232 e. The Bertz CT molecular complexity index is 590. The number of aryl methyl sites for hydroxylation is 1. The van der Waals surface area contributed by atoms with Crippen LogP contribution < -0.4 is 5.73 Å². The van der Waals surface area contributed by atoms with E-state index >= 15 is 0 Å². The quantitative estimate of drug-likeness (QED) is 0.921. The van der Waals surface area contributed by atoms with Crippen LogP contribution >= 0.6 is 11.8 Å². The van der Waals surface area contributed by atoms with Crippen molar-refractivity contribution in [2.45, 2.75) is 37.4 Å². The predicted octanol–water partition coefficient (Wildman–Crippen LogP) is 2.52. The van der Waals surface area contributed by atoms with Crippen LogP contribution in [-0.4, -0.2) is 35.6 Å². The number of nitrogens with zero attached hydrogens (tertiary/aromatic N) is 1. The van der Waals surface area contributed by atoms with Gasteiger partial charge in [0.15, 0.2) is 0 Å². The summed E-state index contributed by atoms with van der Waals surface area (Å²) in [5.74, 6) is 0.179. The van der Waals surface area contributed by atoms with Crippen LogP contribution in [0.2, 0.25) is 0 Å². The fourth-order valence-electron chi connectivity index (χ4n) is 3.58. The highest BCUT2D eigenvalue weighted by Crippen LogP contribution is 2.39. The molecular weight excluding hydrogens is 308 g/mol. The molecule has 1 aromatic rings. The Morgan fingerprint density at radius 1 is 1.22 bits per heavy atom. The number of thioether (sulfide) groups is 1. The molecule has 0 unspecified atom stereocenters. The molecule has 0 saturated carbocycles. The Balaban J connectivity index is 1.56. The second-order valence-electron chi connectivity index (χ2n) is 6.47. The van der Waals surface area contributed by atoms with Crippen molar-refractivity contribution in [3.8, 4) is 0 Å². The molecule has 2 atom stereocenters. The number of hydrogen-bond donors (Lipinski definition) is 1. The van der Waals surface area contributed by atoms with Crippen LogP contribution in [0.1, 0.15) is 42.1 Å². The summed E-state index contributed by atoms with van der Waals surface area (Å²) in [7, 11) is 0. The van der Waals surface area contributed by atoms with Gasteiger partial charge in [-0.1, -0.05) is 24.3 Å². The first-order valence-corrected chi connectivity index (χ1v) is 9.46. The fourth-order valence-corrected chi connectivity index (χ4v) is 4.85. The van der Waals surface area contributed by atoms with Gasteiger partial charge in [0.05, 0.1) is 11.7 Å². The SMILES string of the molecule is NC(=O)[C@H]1CCCN(C(=O)CS[C@@H]2CCCc3ccccc32)C1. The molecule has 124 valence electrons. The van der Waals surface area contributed by atoms with Crippen molar-refractivity contribution in [1.29, 1.82) is 0 Å². The minimum atomic E-state index is -0.281. The first kappa shape index (κ1) is 16.4. The van der Waals surface area contributed by atoms with Crippen molar-refractivity contribution >= 4 is 23.6 Å². The Morgan fingerprint density at radius 3 is 2.87 bits per heavy atom. The lowest BCUT2D eigenvalue weighted by Crippen LogP contribution is -2.44. The molecule has 4 nitrogen and oxygen atoms in total. The molecule has 5 heteroatoms. The van der Waals surface area contributed by atoms with Crippen molar-refractivity contribution in [2.24, 2.45) is 11.7 Å². The first-order valence-electron chi connectivity index (χ1n) is 8.41. The summed E-state index contributed by atoms with van der Waals surface area (Å²) >= 11 is 1.74. The maximum absolute atomic E-state index is 12.5. The number of nitrogens with two attached hydrogens (primary N) is 1. The summed E-state index contributed by atoms with van der Waals surface area (Å²) in [4.78, 5) is 25.6. The van der Waals surface area contributed by atoms with Gasteiger partial charge in [-0.25, -0.2) is 0 Å². The van der Waals surface area contributed by atoms with Crippen molar-refractivity contribution in [2.75, 3.05) is 18.8 Å². The van der Waals surface area contributed by atoms with E-state index in [1.54, 1.807) is 11.8 Å². The van der Waals surface area contributed by atoms with Crippen LogP contribution in [0, 0.1) is 5.92 Å². The van der Waals surface area contributed by atoms with E-state index in [0.29, 0.717) is 17.5 Å². The first-order chi connectivity index (χ1) is 11.1. The van der Waals surface area contributed by atoms with E-state index in [0.717, 1.165) is 32.2 Å². The molecule has 2 N–H and O–H groups in total. The van der Waals surface area contributed by atoms with Crippen LogP contribution in [-0.2, 0) is 16.0 Å². The second kappa shape index (κ2) is 7.39. The normalized spacial score (nSPS) is 24.1. The number of rotatable bonds is 4. The Hall–Kier alpha value is -1.49. The highest BCUT2D eigenvalue weighted by molar-refractivity contribution is 8.00. The van der Waals surface area contributed by atoms with Crippen molar-refractivity contribution < 1.29 is 9.59 Å². The lowest BCUT2D eigenvalue weighted by atomic mass is 9.91.